The van der Waals surface area contributed by atoms with E-state index in [1.807, 2.05) is 6.20 Å². The van der Waals surface area contributed by atoms with Crippen molar-refractivity contribution in [2.24, 2.45) is 22.7 Å². The highest BCUT2D eigenvalue weighted by atomic mass is 28.3. The SMILES string of the molecule is CC1(C)[C@@H]2CC[C@]13C[Si](Cc1ccccn1)(C(C)(C)C)C[C@@H]3C2. The molecular formula is C21H33NSi. The van der Waals surface area contributed by atoms with E-state index in [9.17, 15) is 0 Å². The zero-order valence-electron chi connectivity index (χ0n) is 15.7. The molecule has 2 heteroatoms. The predicted molar refractivity (Wildman–Crippen MR) is 100 cm³/mol. The average Bonchev–Trinajstić information content (AvgIpc) is 3.00. The minimum atomic E-state index is -1.39. The number of rotatable bonds is 2. The fraction of sp³-hybridized carbons (Fsp3) is 0.762. The first-order chi connectivity index (χ1) is 10.7. The molecule has 4 atom stereocenters. The highest BCUT2D eigenvalue weighted by Crippen LogP contribution is 2.77. The van der Waals surface area contributed by atoms with Crippen molar-refractivity contribution < 1.29 is 0 Å². The van der Waals surface area contributed by atoms with Crippen molar-refractivity contribution in [3.63, 3.8) is 0 Å². The molecule has 0 radical (unpaired) electrons. The van der Waals surface area contributed by atoms with Gasteiger partial charge in [0.2, 0.25) is 0 Å². The van der Waals surface area contributed by atoms with E-state index < -0.39 is 8.07 Å². The van der Waals surface area contributed by atoms with Gasteiger partial charge < -0.3 is 0 Å². The summed E-state index contributed by atoms with van der Waals surface area (Å²) in [5, 5.41) is 0.484. The third-order valence-corrected chi connectivity index (χ3v) is 15.5. The zero-order chi connectivity index (χ0) is 16.5. The van der Waals surface area contributed by atoms with Gasteiger partial charge in [-0.15, -0.1) is 0 Å². The average molecular weight is 328 g/mol. The Balaban J connectivity index is 1.73. The van der Waals surface area contributed by atoms with Crippen LogP contribution in [0, 0.1) is 22.7 Å². The second kappa shape index (κ2) is 4.71. The molecular weight excluding hydrogens is 294 g/mol. The van der Waals surface area contributed by atoms with E-state index in [0.717, 1.165) is 11.8 Å². The highest BCUT2D eigenvalue weighted by Gasteiger charge is 2.71. The molecule has 1 aromatic rings. The van der Waals surface area contributed by atoms with Gasteiger partial charge in [-0.2, -0.15) is 0 Å². The molecule has 2 heterocycles. The molecule has 2 saturated carbocycles. The molecule has 2 bridgehead atoms. The first-order valence-electron chi connectivity index (χ1n) is 9.60. The molecule has 1 spiro atoms. The summed E-state index contributed by atoms with van der Waals surface area (Å²) in [5.74, 6) is 2.03. The molecule has 0 aromatic carbocycles. The molecule has 3 fully saturated rings. The molecule has 126 valence electrons. The van der Waals surface area contributed by atoms with Gasteiger partial charge in [0, 0.05) is 11.9 Å². The van der Waals surface area contributed by atoms with Crippen LogP contribution in [-0.4, -0.2) is 13.1 Å². The van der Waals surface area contributed by atoms with Crippen molar-refractivity contribution in [2.75, 3.05) is 0 Å². The summed E-state index contributed by atoms with van der Waals surface area (Å²) < 4.78 is 0. The van der Waals surface area contributed by atoms with Crippen molar-refractivity contribution in [2.45, 2.75) is 77.1 Å². The first kappa shape index (κ1) is 15.9. The highest BCUT2D eigenvalue weighted by molar-refractivity contribution is 6.83. The van der Waals surface area contributed by atoms with Gasteiger partial charge in [-0.3, -0.25) is 4.98 Å². The maximum absolute atomic E-state index is 4.72. The molecule has 23 heavy (non-hydrogen) atoms. The Morgan fingerprint density at radius 2 is 2.00 bits per heavy atom. The second-order valence-corrected chi connectivity index (χ2v) is 15.6. The minimum absolute atomic E-state index is 0.484. The fourth-order valence-electron chi connectivity index (χ4n) is 6.94. The van der Waals surface area contributed by atoms with Crippen LogP contribution in [0.15, 0.2) is 24.4 Å². The Morgan fingerprint density at radius 3 is 2.57 bits per heavy atom. The summed E-state index contributed by atoms with van der Waals surface area (Å²) in [6, 6.07) is 10.9. The third kappa shape index (κ3) is 2.00. The van der Waals surface area contributed by atoms with Crippen molar-refractivity contribution in [1.82, 2.24) is 4.98 Å². The standard InChI is InChI=1S/C21H33NSi/c1-19(2,3)23(14-18-8-6-7-11-22-18)13-17-12-16-9-10-21(17,15-23)20(16,4)5/h6-8,11,16-17H,9-10,12-15H2,1-5H3/t16-,17+,21-,23?/m1/s1. The minimum Gasteiger partial charge on any atom is -0.262 e. The molecule has 0 amide bonds. The normalized spacial score (nSPS) is 41.3. The summed E-state index contributed by atoms with van der Waals surface area (Å²) in [6.45, 7) is 12.8. The van der Waals surface area contributed by atoms with Crippen LogP contribution in [0.2, 0.25) is 17.1 Å². The molecule has 1 saturated heterocycles. The van der Waals surface area contributed by atoms with E-state index >= 15 is 0 Å². The molecule has 1 aliphatic heterocycles. The van der Waals surface area contributed by atoms with Crippen LogP contribution in [0.5, 0.6) is 0 Å². The Kier molecular flexibility index (Phi) is 3.25. The Labute approximate surface area is 143 Å². The number of pyridine rings is 1. The molecule has 1 aromatic heterocycles. The van der Waals surface area contributed by atoms with Gasteiger partial charge in [0.1, 0.15) is 0 Å². The number of hydrogen-bond acceptors (Lipinski definition) is 1. The molecule has 3 aliphatic rings. The lowest BCUT2D eigenvalue weighted by Gasteiger charge is -2.45. The number of fused-ring (bicyclic) bond motifs is 1. The van der Waals surface area contributed by atoms with Crippen molar-refractivity contribution >= 4 is 8.07 Å². The Hall–Kier alpha value is -0.633. The largest absolute Gasteiger partial charge is 0.262 e. The summed E-state index contributed by atoms with van der Waals surface area (Å²) in [5.41, 5.74) is 2.62. The fourth-order valence-corrected chi connectivity index (χ4v) is 13.6. The van der Waals surface area contributed by atoms with Crippen LogP contribution < -0.4 is 0 Å². The van der Waals surface area contributed by atoms with E-state index in [1.54, 1.807) is 12.1 Å². The molecule has 1 nitrogen and oxygen atoms in total. The smallest absolute Gasteiger partial charge is 0.0659 e. The van der Waals surface area contributed by atoms with Crippen LogP contribution in [-0.2, 0) is 6.04 Å². The quantitative estimate of drug-likeness (QED) is 0.619. The van der Waals surface area contributed by atoms with Gasteiger partial charge >= 0.3 is 0 Å². The third-order valence-electron chi connectivity index (χ3n) is 8.72. The van der Waals surface area contributed by atoms with E-state index in [2.05, 4.69) is 52.8 Å². The maximum atomic E-state index is 4.72. The summed E-state index contributed by atoms with van der Waals surface area (Å²) in [7, 11) is -1.39. The monoisotopic (exact) mass is 327 g/mol. The van der Waals surface area contributed by atoms with Gasteiger partial charge in [0.05, 0.1) is 8.07 Å². The van der Waals surface area contributed by atoms with Crippen LogP contribution >= 0.6 is 0 Å². The van der Waals surface area contributed by atoms with Crippen LogP contribution in [0.1, 0.15) is 59.6 Å². The maximum Gasteiger partial charge on any atom is 0.0659 e. The van der Waals surface area contributed by atoms with Crippen LogP contribution in [0.25, 0.3) is 0 Å². The summed E-state index contributed by atoms with van der Waals surface area (Å²) >= 11 is 0. The van der Waals surface area contributed by atoms with Gasteiger partial charge in [-0.25, -0.2) is 0 Å². The van der Waals surface area contributed by atoms with Crippen molar-refractivity contribution in [3.05, 3.63) is 30.1 Å². The van der Waals surface area contributed by atoms with Crippen molar-refractivity contribution in [1.29, 1.82) is 0 Å². The summed E-state index contributed by atoms with van der Waals surface area (Å²) in [4.78, 5) is 4.72. The molecule has 4 rings (SSSR count). The number of hydrogen-bond donors (Lipinski definition) is 0. The Bertz CT molecular complexity index is 602. The molecule has 0 N–H and O–H groups in total. The van der Waals surface area contributed by atoms with E-state index in [1.165, 1.54) is 31.0 Å². The lowest BCUT2D eigenvalue weighted by atomic mass is 9.67. The lowest BCUT2D eigenvalue weighted by molar-refractivity contribution is 0.123. The van der Waals surface area contributed by atoms with E-state index in [0.29, 0.717) is 15.9 Å². The molecule has 2 aliphatic carbocycles. The zero-order valence-corrected chi connectivity index (χ0v) is 16.7. The first-order valence-corrected chi connectivity index (χ1v) is 12.2. The second-order valence-electron chi connectivity index (χ2n) is 10.5. The van der Waals surface area contributed by atoms with Crippen molar-refractivity contribution in [3.8, 4) is 0 Å². The van der Waals surface area contributed by atoms with Crippen LogP contribution in [0.3, 0.4) is 0 Å². The van der Waals surface area contributed by atoms with Crippen LogP contribution in [0.4, 0.5) is 0 Å². The summed E-state index contributed by atoms with van der Waals surface area (Å²) in [6.07, 6.45) is 6.54. The number of nitrogens with zero attached hydrogens (tertiary/aromatic N) is 1. The van der Waals surface area contributed by atoms with Gasteiger partial charge in [-0.1, -0.05) is 46.7 Å². The van der Waals surface area contributed by atoms with Gasteiger partial charge in [0.25, 0.3) is 0 Å². The number of aromatic nitrogens is 1. The topological polar surface area (TPSA) is 12.9 Å². The Morgan fingerprint density at radius 1 is 1.22 bits per heavy atom. The van der Waals surface area contributed by atoms with Gasteiger partial charge in [-0.05, 0) is 71.2 Å². The van der Waals surface area contributed by atoms with Gasteiger partial charge in [0.15, 0.2) is 0 Å². The lowest BCUT2D eigenvalue weighted by Crippen LogP contribution is -2.46. The molecule has 1 unspecified atom stereocenters. The van der Waals surface area contributed by atoms with E-state index in [-0.39, 0.29) is 0 Å². The predicted octanol–water partition coefficient (Wildman–Crippen LogP) is 5.87. The van der Waals surface area contributed by atoms with E-state index in [4.69, 9.17) is 4.98 Å².